The van der Waals surface area contributed by atoms with Gasteiger partial charge in [0, 0.05) is 11.4 Å². The van der Waals surface area contributed by atoms with Gasteiger partial charge >= 0.3 is 5.69 Å². The van der Waals surface area contributed by atoms with E-state index in [1.165, 1.54) is 4.57 Å². The first-order chi connectivity index (χ1) is 14.1. The molecule has 7 nitrogen and oxygen atoms in total. The minimum absolute atomic E-state index is 0.0166. The maximum Gasteiger partial charge on any atom is 0.331 e. The molecule has 2 aromatic carbocycles. The zero-order valence-electron chi connectivity index (χ0n) is 16.3. The zero-order valence-corrected chi connectivity index (χ0v) is 16.3. The van der Waals surface area contributed by atoms with Crippen molar-refractivity contribution >= 4 is 22.2 Å². The van der Waals surface area contributed by atoms with Crippen LogP contribution in [0.25, 0.3) is 10.8 Å². The fourth-order valence-corrected chi connectivity index (χ4v) is 4.07. The Balaban J connectivity index is 1.72. The number of benzene rings is 2. The molecule has 150 valence electrons. The Kier molecular flexibility index (Phi) is 5.20. The summed E-state index contributed by atoms with van der Waals surface area (Å²) in [6, 6.07) is 13.6. The number of fused-ring (bicyclic) bond motifs is 1. The van der Waals surface area contributed by atoms with Gasteiger partial charge in [-0.2, -0.15) is 5.10 Å². The summed E-state index contributed by atoms with van der Waals surface area (Å²) in [7, 11) is 0. The molecule has 0 bridgehead atoms. The van der Waals surface area contributed by atoms with Crippen LogP contribution in [0, 0.1) is 0 Å². The summed E-state index contributed by atoms with van der Waals surface area (Å²) in [5.74, 6) is -0.313. The second-order valence-electron chi connectivity index (χ2n) is 7.46. The van der Waals surface area contributed by atoms with E-state index in [-0.39, 0.29) is 17.5 Å². The number of aromatic amines is 1. The van der Waals surface area contributed by atoms with Crippen molar-refractivity contribution in [2.24, 2.45) is 5.10 Å². The van der Waals surface area contributed by atoms with Crippen LogP contribution >= 0.6 is 0 Å². The monoisotopic (exact) mass is 392 g/mol. The van der Waals surface area contributed by atoms with E-state index < -0.39 is 11.2 Å². The number of anilines is 1. The Morgan fingerprint density at radius 1 is 1.10 bits per heavy atom. The summed E-state index contributed by atoms with van der Waals surface area (Å²) in [4.78, 5) is 27.1. The Morgan fingerprint density at radius 2 is 1.83 bits per heavy atom. The van der Waals surface area contributed by atoms with Crippen molar-refractivity contribution in [3.63, 3.8) is 0 Å². The summed E-state index contributed by atoms with van der Waals surface area (Å²) in [6.07, 6.45) is 4.74. The van der Waals surface area contributed by atoms with E-state index in [9.17, 15) is 14.7 Å². The smallest absolute Gasteiger partial charge is 0.331 e. The Morgan fingerprint density at radius 3 is 2.62 bits per heavy atom. The van der Waals surface area contributed by atoms with Crippen LogP contribution in [0.5, 0.6) is 5.88 Å². The maximum atomic E-state index is 12.4. The van der Waals surface area contributed by atoms with Crippen molar-refractivity contribution in [3.05, 3.63) is 68.9 Å². The third-order valence-electron chi connectivity index (χ3n) is 5.55. The van der Waals surface area contributed by atoms with Crippen LogP contribution in [-0.2, 0) is 0 Å². The van der Waals surface area contributed by atoms with E-state index in [2.05, 4.69) is 15.5 Å². The molecule has 1 aliphatic carbocycles. The number of rotatable bonds is 4. The molecule has 0 amide bonds. The molecule has 1 heterocycles. The lowest BCUT2D eigenvalue weighted by molar-refractivity contribution is 0.298. The molecule has 0 unspecified atom stereocenters. The summed E-state index contributed by atoms with van der Waals surface area (Å²) < 4.78 is 1.31. The van der Waals surface area contributed by atoms with Crippen molar-refractivity contribution < 1.29 is 5.11 Å². The lowest BCUT2D eigenvalue weighted by Crippen LogP contribution is -2.36. The first kappa shape index (κ1) is 19.0. The van der Waals surface area contributed by atoms with Crippen molar-refractivity contribution in [2.45, 2.75) is 45.1 Å². The van der Waals surface area contributed by atoms with Crippen LogP contribution in [-0.4, -0.2) is 20.4 Å². The Bertz CT molecular complexity index is 1180. The summed E-state index contributed by atoms with van der Waals surface area (Å²) >= 11 is 0. The van der Waals surface area contributed by atoms with Gasteiger partial charge in [-0.15, -0.1) is 0 Å². The Hall–Kier alpha value is -3.35. The predicted octanol–water partition coefficient (Wildman–Crippen LogP) is 3.74. The topological polar surface area (TPSA) is 99.5 Å². The molecule has 7 heteroatoms. The number of aromatic hydroxyl groups is 1. The molecule has 0 radical (unpaired) electrons. The fraction of sp³-hybridized carbons (Fsp3) is 0.318. The number of hydrazone groups is 1. The van der Waals surface area contributed by atoms with Gasteiger partial charge in [0.2, 0.25) is 5.88 Å². The van der Waals surface area contributed by atoms with Gasteiger partial charge < -0.3 is 5.11 Å². The van der Waals surface area contributed by atoms with Crippen LogP contribution < -0.4 is 16.7 Å². The summed E-state index contributed by atoms with van der Waals surface area (Å²) in [6.45, 7) is 1.64. The molecule has 0 saturated heterocycles. The fourth-order valence-electron chi connectivity index (χ4n) is 4.07. The third kappa shape index (κ3) is 3.68. The number of hydrogen-bond donors (Lipinski definition) is 3. The van der Waals surface area contributed by atoms with Crippen LogP contribution in [0.2, 0.25) is 0 Å². The molecule has 0 aliphatic heterocycles. The number of nitrogens with one attached hydrogen (secondary N) is 2. The predicted molar refractivity (Wildman–Crippen MR) is 115 cm³/mol. The van der Waals surface area contributed by atoms with Gasteiger partial charge in [-0.25, -0.2) is 4.79 Å². The van der Waals surface area contributed by atoms with Crippen molar-refractivity contribution in [1.29, 1.82) is 0 Å². The first-order valence-electron chi connectivity index (χ1n) is 9.92. The maximum absolute atomic E-state index is 12.4. The van der Waals surface area contributed by atoms with Crippen LogP contribution in [0.4, 0.5) is 5.69 Å². The lowest BCUT2D eigenvalue weighted by atomic mass is 9.95. The van der Waals surface area contributed by atoms with E-state index in [1.807, 2.05) is 42.5 Å². The van der Waals surface area contributed by atoms with Crippen LogP contribution in [0.15, 0.2) is 57.2 Å². The van der Waals surface area contributed by atoms with E-state index >= 15 is 0 Å². The molecular weight excluding hydrogens is 368 g/mol. The standard InChI is InChI=1S/C22H24N4O3/c1-14(24-25-18-13-7-9-15-8-5-6-12-17(15)18)19-20(27)23-22(29)26(21(19)28)16-10-3-2-4-11-16/h5-9,12-13,16,25,28H,2-4,10-11H2,1H3,(H,23,27,29). The second kappa shape index (κ2) is 7.95. The van der Waals surface area contributed by atoms with Crippen molar-refractivity contribution in [3.8, 4) is 5.88 Å². The molecule has 4 rings (SSSR count). The van der Waals surface area contributed by atoms with Gasteiger partial charge in [-0.1, -0.05) is 55.7 Å². The van der Waals surface area contributed by atoms with Crippen LogP contribution in [0.1, 0.15) is 50.6 Å². The largest absolute Gasteiger partial charge is 0.494 e. The normalized spacial score (nSPS) is 15.6. The van der Waals surface area contributed by atoms with E-state index in [0.29, 0.717) is 5.71 Å². The zero-order chi connectivity index (χ0) is 20.4. The highest BCUT2D eigenvalue weighted by atomic mass is 16.3. The molecule has 1 saturated carbocycles. The highest BCUT2D eigenvalue weighted by Crippen LogP contribution is 2.30. The summed E-state index contributed by atoms with van der Waals surface area (Å²) in [5.41, 5.74) is 2.89. The average Bonchev–Trinajstić information content (AvgIpc) is 2.72. The lowest BCUT2D eigenvalue weighted by Gasteiger charge is -2.25. The van der Waals surface area contributed by atoms with E-state index in [0.717, 1.165) is 48.6 Å². The summed E-state index contributed by atoms with van der Waals surface area (Å²) in [5, 5.41) is 17.2. The van der Waals surface area contributed by atoms with Crippen molar-refractivity contribution in [2.75, 3.05) is 5.43 Å². The molecular formula is C22H24N4O3. The average molecular weight is 392 g/mol. The SMILES string of the molecule is CC(=NNc1cccc2ccccc12)c1c(O)n(C2CCCCC2)c(=O)[nH]c1=O. The van der Waals surface area contributed by atoms with E-state index in [4.69, 9.17) is 0 Å². The Labute approximate surface area is 167 Å². The molecule has 29 heavy (non-hydrogen) atoms. The van der Waals surface area contributed by atoms with Gasteiger partial charge in [0.1, 0.15) is 5.56 Å². The van der Waals surface area contributed by atoms with Gasteiger partial charge in [0.05, 0.1) is 11.4 Å². The highest BCUT2D eigenvalue weighted by Gasteiger charge is 2.24. The second-order valence-corrected chi connectivity index (χ2v) is 7.46. The molecule has 1 fully saturated rings. The number of nitrogens with zero attached hydrogens (tertiary/aromatic N) is 2. The highest BCUT2D eigenvalue weighted by molar-refractivity contribution is 6.01. The van der Waals surface area contributed by atoms with Crippen LogP contribution in [0.3, 0.4) is 0 Å². The minimum atomic E-state index is -0.638. The van der Waals surface area contributed by atoms with Gasteiger partial charge in [-0.05, 0) is 31.2 Å². The quantitative estimate of drug-likeness (QED) is 0.465. The third-order valence-corrected chi connectivity index (χ3v) is 5.55. The van der Waals surface area contributed by atoms with Gasteiger partial charge in [0.15, 0.2) is 0 Å². The van der Waals surface area contributed by atoms with Gasteiger partial charge in [-0.3, -0.25) is 19.8 Å². The minimum Gasteiger partial charge on any atom is -0.494 e. The molecule has 0 atom stereocenters. The first-order valence-corrected chi connectivity index (χ1v) is 9.92. The molecule has 3 N–H and O–H groups in total. The molecule has 3 aromatic rings. The van der Waals surface area contributed by atoms with Crippen molar-refractivity contribution in [1.82, 2.24) is 9.55 Å². The van der Waals surface area contributed by atoms with E-state index in [1.54, 1.807) is 6.92 Å². The number of aromatic nitrogens is 2. The van der Waals surface area contributed by atoms with Gasteiger partial charge in [0.25, 0.3) is 5.56 Å². The number of hydrogen-bond acceptors (Lipinski definition) is 5. The molecule has 0 spiro atoms. The molecule has 1 aromatic heterocycles. The molecule has 1 aliphatic rings. The number of H-pyrrole nitrogens is 1.